The number of rotatable bonds is 6. The van der Waals surface area contributed by atoms with E-state index in [-0.39, 0.29) is 11.9 Å². The quantitative estimate of drug-likeness (QED) is 0.802. The number of benzene rings is 2. The second-order valence-electron chi connectivity index (χ2n) is 6.59. The summed E-state index contributed by atoms with van der Waals surface area (Å²) in [6.45, 7) is 3.65. The van der Waals surface area contributed by atoms with Gasteiger partial charge < -0.3 is 15.4 Å². The molecule has 0 spiro atoms. The highest BCUT2D eigenvalue weighted by Crippen LogP contribution is 2.14. The van der Waals surface area contributed by atoms with Crippen molar-refractivity contribution < 1.29 is 9.13 Å². The molecule has 0 aliphatic carbocycles. The lowest BCUT2D eigenvalue weighted by molar-refractivity contribution is 0.321. The van der Waals surface area contributed by atoms with Gasteiger partial charge in [-0.05, 0) is 75.1 Å². The van der Waals surface area contributed by atoms with Crippen molar-refractivity contribution in [1.82, 2.24) is 4.90 Å². The van der Waals surface area contributed by atoms with Crippen LogP contribution in [0.4, 0.5) is 4.39 Å². The Morgan fingerprint density at radius 3 is 2.50 bits per heavy atom. The van der Waals surface area contributed by atoms with E-state index in [1.165, 1.54) is 50.7 Å². The Morgan fingerprint density at radius 1 is 1.15 bits per heavy atom. The Kier molecular flexibility index (Phi) is 8.89. The molecule has 1 aliphatic rings. The summed E-state index contributed by atoms with van der Waals surface area (Å²) in [6.07, 6.45) is 4.70. The fourth-order valence-electron chi connectivity index (χ4n) is 3.02. The van der Waals surface area contributed by atoms with Crippen molar-refractivity contribution >= 4 is 11.6 Å². The fourth-order valence-corrected chi connectivity index (χ4v) is 3.23. The highest BCUT2D eigenvalue weighted by molar-refractivity contribution is 6.30. The van der Waals surface area contributed by atoms with E-state index < -0.39 is 0 Å². The SMILES string of the molecule is COc1cccc(F)c1.N[C@@H](CCN1CCCC1)Cc1cccc(Cl)c1. The molecule has 3 nitrogen and oxygen atoms in total. The Bertz CT molecular complexity index is 662. The Hall–Kier alpha value is -1.62. The first-order chi connectivity index (χ1) is 12.6. The van der Waals surface area contributed by atoms with Crippen LogP contribution in [0.1, 0.15) is 24.8 Å². The van der Waals surface area contributed by atoms with Gasteiger partial charge in [0.25, 0.3) is 0 Å². The number of halogens is 2. The van der Waals surface area contributed by atoms with E-state index in [9.17, 15) is 4.39 Å². The van der Waals surface area contributed by atoms with Gasteiger partial charge in [0.15, 0.2) is 0 Å². The number of hydrogen-bond donors (Lipinski definition) is 1. The Balaban J connectivity index is 0.000000228. The molecule has 0 aromatic heterocycles. The highest BCUT2D eigenvalue weighted by Gasteiger charge is 2.13. The molecule has 0 radical (unpaired) electrons. The van der Waals surface area contributed by atoms with Gasteiger partial charge in [0.05, 0.1) is 7.11 Å². The third-order valence-corrected chi connectivity index (χ3v) is 4.67. The van der Waals surface area contributed by atoms with Crippen molar-refractivity contribution in [3.05, 3.63) is 64.9 Å². The van der Waals surface area contributed by atoms with Crippen LogP contribution in [0.3, 0.4) is 0 Å². The minimum Gasteiger partial charge on any atom is -0.497 e. The summed E-state index contributed by atoms with van der Waals surface area (Å²) in [5, 5.41) is 0.800. The summed E-state index contributed by atoms with van der Waals surface area (Å²) in [6, 6.07) is 14.3. The Labute approximate surface area is 160 Å². The first-order valence-corrected chi connectivity index (χ1v) is 9.46. The molecule has 1 atom stereocenters. The van der Waals surface area contributed by atoms with Crippen LogP contribution in [0.2, 0.25) is 5.02 Å². The molecule has 0 amide bonds. The standard InChI is InChI=1S/C14H21ClN2.C7H7FO/c15-13-5-3-4-12(10-13)11-14(16)6-9-17-7-1-2-8-17;1-9-7-4-2-3-6(8)5-7/h3-5,10,14H,1-2,6-9,11,16H2;2-5H,1H3/t14-;/m0./s1. The predicted octanol–water partition coefficient (Wildman–Crippen LogP) is 4.53. The van der Waals surface area contributed by atoms with Crippen LogP contribution in [0.15, 0.2) is 48.5 Å². The summed E-state index contributed by atoms with van der Waals surface area (Å²) >= 11 is 5.96. The number of nitrogens with two attached hydrogens (primary N) is 1. The van der Waals surface area contributed by atoms with Crippen LogP contribution >= 0.6 is 11.6 Å². The van der Waals surface area contributed by atoms with Gasteiger partial charge in [-0.2, -0.15) is 0 Å². The molecule has 0 unspecified atom stereocenters. The zero-order valence-electron chi connectivity index (χ0n) is 15.3. The monoisotopic (exact) mass is 378 g/mol. The maximum atomic E-state index is 12.3. The molecule has 2 aromatic carbocycles. The smallest absolute Gasteiger partial charge is 0.126 e. The highest BCUT2D eigenvalue weighted by atomic mass is 35.5. The van der Waals surface area contributed by atoms with Crippen LogP contribution in [0.5, 0.6) is 5.75 Å². The number of hydrogen-bond acceptors (Lipinski definition) is 3. The van der Waals surface area contributed by atoms with Crippen molar-refractivity contribution in [2.24, 2.45) is 5.73 Å². The molecule has 26 heavy (non-hydrogen) atoms. The van der Waals surface area contributed by atoms with Gasteiger partial charge in [-0.15, -0.1) is 0 Å². The fraction of sp³-hybridized carbons (Fsp3) is 0.429. The second kappa shape index (κ2) is 11.2. The topological polar surface area (TPSA) is 38.5 Å². The van der Waals surface area contributed by atoms with Crippen LogP contribution in [0, 0.1) is 5.82 Å². The maximum absolute atomic E-state index is 12.3. The summed E-state index contributed by atoms with van der Waals surface area (Å²) in [7, 11) is 1.51. The van der Waals surface area contributed by atoms with E-state index in [0.29, 0.717) is 5.75 Å². The van der Waals surface area contributed by atoms with Crippen molar-refractivity contribution in [2.75, 3.05) is 26.7 Å². The first kappa shape index (κ1) is 20.7. The van der Waals surface area contributed by atoms with Crippen molar-refractivity contribution in [1.29, 1.82) is 0 Å². The van der Waals surface area contributed by atoms with Gasteiger partial charge in [0, 0.05) is 17.1 Å². The number of ether oxygens (including phenoxy) is 1. The molecule has 2 aromatic rings. The van der Waals surface area contributed by atoms with Crippen LogP contribution in [0.25, 0.3) is 0 Å². The molecule has 1 heterocycles. The normalized spacial score (nSPS) is 15.2. The zero-order chi connectivity index (χ0) is 18.8. The number of likely N-dealkylation sites (tertiary alicyclic amines) is 1. The molecule has 142 valence electrons. The lowest BCUT2D eigenvalue weighted by Gasteiger charge is -2.18. The average Bonchev–Trinajstić information content (AvgIpc) is 3.14. The minimum absolute atomic E-state index is 0.245. The molecule has 2 N–H and O–H groups in total. The van der Waals surface area contributed by atoms with Crippen LogP contribution in [-0.2, 0) is 6.42 Å². The van der Waals surface area contributed by atoms with E-state index in [0.717, 1.165) is 24.4 Å². The van der Waals surface area contributed by atoms with Gasteiger partial charge in [0.2, 0.25) is 0 Å². The first-order valence-electron chi connectivity index (χ1n) is 9.09. The summed E-state index contributed by atoms with van der Waals surface area (Å²) < 4.78 is 17.0. The van der Waals surface area contributed by atoms with Gasteiger partial charge in [-0.25, -0.2) is 4.39 Å². The molecule has 1 saturated heterocycles. The van der Waals surface area contributed by atoms with Crippen molar-refractivity contribution in [3.63, 3.8) is 0 Å². The third-order valence-electron chi connectivity index (χ3n) is 4.43. The van der Waals surface area contributed by atoms with E-state index in [1.807, 2.05) is 18.2 Å². The molecule has 0 bridgehead atoms. The van der Waals surface area contributed by atoms with E-state index >= 15 is 0 Å². The summed E-state index contributed by atoms with van der Waals surface area (Å²) in [5.74, 6) is 0.282. The van der Waals surface area contributed by atoms with Gasteiger partial charge in [-0.1, -0.05) is 29.8 Å². The van der Waals surface area contributed by atoms with E-state index in [1.54, 1.807) is 12.1 Å². The predicted molar refractivity (Wildman–Crippen MR) is 106 cm³/mol. The minimum atomic E-state index is -0.269. The lowest BCUT2D eigenvalue weighted by atomic mass is 10.0. The summed E-state index contributed by atoms with van der Waals surface area (Å²) in [4.78, 5) is 2.51. The van der Waals surface area contributed by atoms with Crippen LogP contribution in [-0.4, -0.2) is 37.7 Å². The lowest BCUT2D eigenvalue weighted by Crippen LogP contribution is -2.30. The van der Waals surface area contributed by atoms with Gasteiger partial charge in [0.1, 0.15) is 11.6 Å². The largest absolute Gasteiger partial charge is 0.497 e. The van der Waals surface area contributed by atoms with Crippen molar-refractivity contribution in [3.8, 4) is 5.75 Å². The second-order valence-corrected chi connectivity index (χ2v) is 7.03. The molecule has 1 aliphatic heterocycles. The molecular weight excluding hydrogens is 351 g/mol. The molecular formula is C21H28ClFN2O. The number of nitrogens with zero attached hydrogens (tertiary/aromatic N) is 1. The third kappa shape index (κ3) is 7.73. The van der Waals surface area contributed by atoms with E-state index in [4.69, 9.17) is 22.1 Å². The molecule has 5 heteroatoms. The summed E-state index contributed by atoms with van der Waals surface area (Å²) in [5.41, 5.74) is 7.41. The van der Waals surface area contributed by atoms with Gasteiger partial charge >= 0.3 is 0 Å². The maximum Gasteiger partial charge on any atom is 0.126 e. The molecule has 1 fully saturated rings. The molecule has 0 saturated carbocycles. The van der Waals surface area contributed by atoms with Crippen LogP contribution < -0.4 is 10.5 Å². The number of methoxy groups -OCH3 is 1. The zero-order valence-corrected chi connectivity index (χ0v) is 16.1. The van der Waals surface area contributed by atoms with Gasteiger partial charge in [-0.3, -0.25) is 0 Å². The molecule has 3 rings (SSSR count). The Morgan fingerprint density at radius 2 is 1.88 bits per heavy atom. The van der Waals surface area contributed by atoms with E-state index in [2.05, 4.69) is 11.0 Å². The average molecular weight is 379 g/mol. The van der Waals surface area contributed by atoms with Crippen molar-refractivity contribution in [2.45, 2.75) is 31.7 Å².